The van der Waals surface area contributed by atoms with E-state index >= 15 is 0 Å². The van der Waals surface area contributed by atoms with E-state index in [1.165, 1.54) is 5.01 Å². The smallest absolute Gasteiger partial charge is 0.335 e. The van der Waals surface area contributed by atoms with Crippen molar-refractivity contribution in [1.82, 2.24) is 14.9 Å². The molecule has 0 bridgehead atoms. The van der Waals surface area contributed by atoms with Crippen molar-refractivity contribution >= 4 is 34.7 Å². The summed E-state index contributed by atoms with van der Waals surface area (Å²) in [6, 6.07) is 17.7. The number of halogens is 1. The van der Waals surface area contributed by atoms with Crippen LogP contribution in [0.15, 0.2) is 59.7 Å². The third-order valence-electron chi connectivity index (χ3n) is 4.03. The summed E-state index contributed by atoms with van der Waals surface area (Å²) in [6.45, 7) is 1.17. The van der Waals surface area contributed by atoms with Gasteiger partial charge in [-0.3, -0.25) is 4.57 Å². The van der Waals surface area contributed by atoms with Crippen molar-refractivity contribution in [2.75, 3.05) is 13.1 Å². The number of nitrogens with one attached hydrogen (secondary N) is 1. The molecular weight excluding hydrogens is 324 g/mol. The Bertz CT molecular complexity index is 933. The van der Waals surface area contributed by atoms with Crippen LogP contribution in [0.4, 0.5) is 4.79 Å². The van der Waals surface area contributed by atoms with Gasteiger partial charge in [-0.2, -0.15) is 5.10 Å². The molecule has 0 aliphatic carbocycles. The predicted octanol–water partition coefficient (Wildman–Crippen LogP) is 3.64. The second-order valence-electron chi connectivity index (χ2n) is 5.49. The maximum atomic E-state index is 11.6. The number of nitrogens with zero attached hydrogens (tertiary/aromatic N) is 3. The second kappa shape index (κ2) is 6.02. The number of benzene rings is 2. The summed E-state index contributed by atoms with van der Waals surface area (Å²) in [5.74, 6) is 0. The largest absolute Gasteiger partial charge is 0.337 e. The first-order valence-corrected chi connectivity index (χ1v) is 8.07. The second-order valence-corrected chi connectivity index (χ2v) is 5.85. The Labute approximate surface area is 144 Å². The molecule has 120 valence electrons. The number of carbonyl (C=O) groups is 1. The van der Waals surface area contributed by atoms with Crippen LogP contribution in [0.5, 0.6) is 0 Å². The highest BCUT2D eigenvalue weighted by Crippen LogP contribution is 2.32. The van der Waals surface area contributed by atoms with E-state index in [2.05, 4.69) is 10.4 Å². The minimum atomic E-state index is -0.186. The average Bonchev–Trinajstić information content (AvgIpc) is 3.14. The van der Waals surface area contributed by atoms with Gasteiger partial charge >= 0.3 is 6.03 Å². The van der Waals surface area contributed by atoms with Crippen LogP contribution in [0.3, 0.4) is 0 Å². The number of hydrazone groups is 1. The number of aromatic nitrogens is 1. The van der Waals surface area contributed by atoms with Crippen LogP contribution in [0.25, 0.3) is 16.6 Å². The van der Waals surface area contributed by atoms with Gasteiger partial charge in [0.25, 0.3) is 0 Å². The molecular formula is C18H15ClN4O. The zero-order chi connectivity index (χ0) is 16.5. The Kier molecular flexibility index (Phi) is 3.70. The maximum Gasteiger partial charge on any atom is 0.337 e. The molecule has 0 unspecified atom stereocenters. The molecule has 4 rings (SSSR count). The summed E-state index contributed by atoms with van der Waals surface area (Å²) in [5, 5.41) is 9.99. The van der Waals surface area contributed by atoms with Gasteiger partial charge in [0.15, 0.2) is 0 Å². The number of para-hydroxylation sites is 2. The van der Waals surface area contributed by atoms with Crippen LogP contribution < -0.4 is 5.32 Å². The van der Waals surface area contributed by atoms with Gasteiger partial charge in [-0.1, -0.05) is 48.0 Å². The third-order valence-corrected chi connectivity index (χ3v) is 4.40. The molecule has 1 aliphatic rings. The molecule has 1 aromatic heterocycles. The predicted molar refractivity (Wildman–Crippen MR) is 96.0 cm³/mol. The molecule has 1 N–H and O–H groups in total. The molecule has 1 saturated heterocycles. The standard InChI is InChI=1S/C18H15ClN4O/c19-17-15(12-21-22-11-10-20-18(22)24)14-8-4-5-9-16(14)23(17)13-6-2-1-3-7-13/h1-9,12H,10-11H2,(H,20,24)/b21-12+. The van der Waals surface area contributed by atoms with Gasteiger partial charge in [0, 0.05) is 23.2 Å². The van der Waals surface area contributed by atoms with Crippen molar-refractivity contribution in [3.63, 3.8) is 0 Å². The maximum absolute atomic E-state index is 11.6. The number of rotatable bonds is 3. The first kappa shape index (κ1) is 14.8. The van der Waals surface area contributed by atoms with Gasteiger partial charge in [-0.25, -0.2) is 9.80 Å². The molecule has 2 amide bonds. The summed E-state index contributed by atoms with van der Waals surface area (Å²) < 4.78 is 1.99. The van der Waals surface area contributed by atoms with Crippen molar-refractivity contribution in [2.24, 2.45) is 5.10 Å². The Morgan fingerprint density at radius 2 is 1.83 bits per heavy atom. The Morgan fingerprint density at radius 1 is 1.08 bits per heavy atom. The van der Waals surface area contributed by atoms with Crippen molar-refractivity contribution in [2.45, 2.75) is 0 Å². The molecule has 1 fully saturated rings. The summed E-state index contributed by atoms with van der Waals surface area (Å²) in [5.41, 5.74) is 2.79. The molecule has 0 saturated carbocycles. The summed E-state index contributed by atoms with van der Waals surface area (Å²) in [6.07, 6.45) is 1.66. The van der Waals surface area contributed by atoms with Crippen LogP contribution in [-0.2, 0) is 0 Å². The third kappa shape index (κ3) is 2.43. The van der Waals surface area contributed by atoms with E-state index in [0.717, 1.165) is 22.2 Å². The van der Waals surface area contributed by atoms with Gasteiger partial charge in [-0.05, 0) is 18.2 Å². The Balaban J connectivity index is 1.86. The van der Waals surface area contributed by atoms with Crippen molar-refractivity contribution < 1.29 is 4.79 Å². The molecule has 5 nitrogen and oxygen atoms in total. The van der Waals surface area contributed by atoms with Crippen molar-refractivity contribution in [3.8, 4) is 5.69 Å². The normalized spacial score (nSPS) is 14.7. The van der Waals surface area contributed by atoms with E-state index < -0.39 is 0 Å². The minimum Gasteiger partial charge on any atom is -0.335 e. The lowest BCUT2D eigenvalue weighted by molar-refractivity contribution is 0.219. The number of carbonyl (C=O) groups excluding carboxylic acids is 1. The van der Waals surface area contributed by atoms with Gasteiger partial charge in [-0.15, -0.1) is 0 Å². The van der Waals surface area contributed by atoms with E-state index in [0.29, 0.717) is 18.2 Å². The van der Waals surface area contributed by atoms with E-state index in [-0.39, 0.29) is 6.03 Å². The Hall–Kier alpha value is -2.79. The molecule has 6 heteroatoms. The lowest BCUT2D eigenvalue weighted by Gasteiger charge is -2.07. The van der Waals surface area contributed by atoms with Crippen molar-refractivity contribution in [3.05, 3.63) is 65.3 Å². The molecule has 1 aliphatic heterocycles. The van der Waals surface area contributed by atoms with Gasteiger partial charge in [0.2, 0.25) is 0 Å². The van der Waals surface area contributed by atoms with E-state index in [9.17, 15) is 4.79 Å². The number of amides is 2. The minimum absolute atomic E-state index is 0.186. The monoisotopic (exact) mass is 338 g/mol. The summed E-state index contributed by atoms with van der Waals surface area (Å²) >= 11 is 6.66. The van der Waals surface area contributed by atoms with Gasteiger partial charge in [0.1, 0.15) is 5.15 Å². The lowest BCUT2D eigenvalue weighted by atomic mass is 10.2. The molecule has 24 heavy (non-hydrogen) atoms. The van der Waals surface area contributed by atoms with Gasteiger partial charge in [0.05, 0.1) is 18.3 Å². The zero-order valence-corrected chi connectivity index (χ0v) is 13.6. The molecule has 2 aromatic carbocycles. The van der Waals surface area contributed by atoms with Crippen LogP contribution >= 0.6 is 11.6 Å². The van der Waals surface area contributed by atoms with Crippen molar-refractivity contribution in [1.29, 1.82) is 0 Å². The average molecular weight is 339 g/mol. The SMILES string of the molecule is O=C1NCCN1/N=C/c1c(Cl)n(-c2ccccc2)c2ccccc12. The van der Waals surface area contributed by atoms with E-state index in [4.69, 9.17) is 11.6 Å². The van der Waals surface area contributed by atoms with E-state index in [1.54, 1.807) is 6.21 Å². The fourth-order valence-corrected chi connectivity index (χ4v) is 3.22. The van der Waals surface area contributed by atoms with Crippen LogP contribution in [-0.4, -0.2) is 34.9 Å². The molecule has 0 atom stereocenters. The first-order valence-electron chi connectivity index (χ1n) is 7.69. The molecule has 2 heterocycles. The lowest BCUT2D eigenvalue weighted by Crippen LogP contribution is -2.23. The molecule has 0 radical (unpaired) electrons. The number of hydrogen-bond donors (Lipinski definition) is 1. The van der Waals surface area contributed by atoms with E-state index in [1.807, 2.05) is 59.2 Å². The highest BCUT2D eigenvalue weighted by molar-refractivity contribution is 6.34. The summed E-state index contributed by atoms with van der Waals surface area (Å²) in [7, 11) is 0. The Morgan fingerprint density at radius 3 is 2.58 bits per heavy atom. The fraction of sp³-hybridized carbons (Fsp3) is 0.111. The van der Waals surface area contributed by atoms with Gasteiger partial charge < -0.3 is 5.32 Å². The highest BCUT2D eigenvalue weighted by atomic mass is 35.5. The first-order chi connectivity index (χ1) is 11.8. The zero-order valence-electron chi connectivity index (χ0n) is 12.8. The quantitative estimate of drug-likeness (QED) is 0.728. The molecule has 3 aromatic rings. The topological polar surface area (TPSA) is 49.6 Å². The highest BCUT2D eigenvalue weighted by Gasteiger charge is 2.19. The fourth-order valence-electron chi connectivity index (χ4n) is 2.89. The van der Waals surface area contributed by atoms with Crippen LogP contribution in [0.1, 0.15) is 5.56 Å². The molecule has 0 spiro atoms. The van der Waals surface area contributed by atoms with Crippen LogP contribution in [0.2, 0.25) is 5.15 Å². The summed E-state index contributed by atoms with van der Waals surface area (Å²) in [4.78, 5) is 11.6. The number of hydrogen-bond acceptors (Lipinski definition) is 2. The number of urea groups is 1. The van der Waals surface area contributed by atoms with Crippen LogP contribution in [0, 0.1) is 0 Å². The number of fused-ring (bicyclic) bond motifs is 1.